The predicted molar refractivity (Wildman–Crippen MR) is 115 cm³/mol. The number of ether oxygens (including phenoxy) is 3. The minimum atomic E-state index is -4.62. The molecule has 0 saturated carbocycles. The first-order valence-electron chi connectivity index (χ1n) is 9.64. The Labute approximate surface area is 191 Å². The SMILES string of the molecule is COc1ccc(/C=C/C(=O)OCC(=O)Nc2cc(C(F)(F)F)ccc2-n2cncn2)c(OC)c1. The van der Waals surface area contributed by atoms with Gasteiger partial charge in [-0.05, 0) is 36.4 Å². The van der Waals surface area contributed by atoms with Crippen LogP contribution in [0.5, 0.6) is 11.5 Å². The maximum atomic E-state index is 13.1. The minimum absolute atomic E-state index is 0.150. The second-order valence-corrected chi connectivity index (χ2v) is 6.67. The van der Waals surface area contributed by atoms with Crippen LogP contribution in [0, 0.1) is 0 Å². The maximum Gasteiger partial charge on any atom is 0.416 e. The summed E-state index contributed by atoms with van der Waals surface area (Å²) in [6.45, 7) is -0.726. The highest BCUT2D eigenvalue weighted by atomic mass is 19.4. The molecule has 34 heavy (non-hydrogen) atoms. The van der Waals surface area contributed by atoms with Crippen molar-refractivity contribution in [3.63, 3.8) is 0 Å². The summed E-state index contributed by atoms with van der Waals surface area (Å²) >= 11 is 0. The lowest BCUT2D eigenvalue weighted by Gasteiger charge is -2.14. The molecule has 2 aromatic carbocycles. The third-order valence-corrected chi connectivity index (χ3v) is 4.45. The molecule has 1 N–H and O–H groups in total. The number of rotatable bonds is 8. The van der Waals surface area contributed by atoms with Gasteiger partial charge in [-0.15, -0.1) is 0 Å². The minimum Gasteiger partial charge on any atom is -0.497 e. The molecule has 0 aliphatic rings. The maximum absolute atomic E-state index is 13.1. The summed E-state index contributed by atoms with van der Waals surface area (Å²) in [6.07, 6.45) is 0.336. The molecule has 3 rings (SSSR count). The second kappa shape index (κ2) is 10.5. The molecule has 0 fully saturated rings. The summed E-state index contributed by atoms with van der Waals surface area (Å²) in [5, 5.41) is 6.17. The van der Waals surface area contributed by atoms with Crippen molar-refractivity contribution in [2.24, 2.45) is 0 Å². The molecule has 0 aliphatic heterocycles. The van der Waals surface area contributed by atoms with Crippen molar-refractivity contribution in [3.05, 3.63) is 66.3 Å². The molecule has 3 aromatic rings. The lowest BCUT2D eigenvalue weighted by Crippen LogP contribution is -2.21. The van der Waals surface area contributed by atoms with Gasteiger partial charge in [-0.3, -0.25) is 4.79 Å². The summed E-state index contributed by atoms with van der Waals surface area (Å²) in [7, 11) is 2.96. The molecule has 9 nitrogen and oxygen atoms in total. The van der Waals surface area contributed by atoms with Crippen molar-refractivity contribution in [2.45, 2.75) is 6.18 Å². The Morgan fingerprint density at radius 3 is 2.56 bits per heavy atom. The number of hydrogen-bond acceptors (Lipinski definition) is 7. The number of alkyl halides is 3. The Balaban J connectivity index is 1.67. The molecule has 1 amide bonds. The first-order valence-corrected chi connectivity index (χ1v) is 9.64. The van der Waals surface area contributed by atoms with E-state index in [1.807, 2.05) is 0 Å². The van der Waals surface area contributed by atoms with E-state index in [-0.39, 0.29) is 11.4 Å². The highest BCUT2D eigenvalue weighted by Gasteiger charge is 2.31. The number of aromatic nitrogens is 3. The van der Waals surface area contributed by atoms with Gasteiger partial charge in [-0.1, -0.05) is 0 Å². The molecule has 0 radical (unpaired) electrons. The van der Waals surface area contributed by atoms with Gasteiger partial charge in [0.1, 0.15) is 24.2 Å². The van der Waals surface area contributed by atoms with Crippen LogP contribution < -0.4 is 14.8 Å². The molecule has 0 bridgehead atoms. The predicted octanol–water partition coefficient (Wildman–Crippen LogP) is 3.50. The highest BCUT2D eigenvalue weighted by molar-refractivity contribution is 5.96. The van der Waals surface area contributed by atoms with E-state index in [9.17, 15) is 22.8 Å². The topological polar surface area (TPSA) is 105 Å². The molecular formula is C22H19F3N4O5. The summed E-state index contributed by atoms with van der Waals surface area (Å²) in [4.78, 5) is 28.0. The van der Waals surface area contributed by atoms with E-state index in [0.717, 1.165) is 24.3 Å². The van der Waals surface area contributed by atoms with Gasteiger partial charge in [0.25, 0.3) is 5.91 Å². The standard InChI is InChI=1S/C22H19F3N4O5/c1-32-16-6-3-14(19(10-16)33-2)4-8-21(31)34-11-20(30)28-17-9-15(22(23,24)25)5-7-18(17)29-13-26-12-27-29/h3-10,12-13H,11H2,1-2H3,(H,28,30)/b8-4+. The fourth-order valence-electron chi connectivity index (χ4n) is 2.83. The fourth-order valence-corrected chi connectivity index (χ4v) is 2.83. The largest absolute Gasteiger partial charge is 0.497 e. The van der Waals surface area contributed by atoms with E-state index in [1.165, 1.54) is 37.6 Å². The van der Waals surface area contributed by atoms with E-state index in [4.69, 9.17) is 14.2 Å². The molecular weight excluding hydrogens is 457 g/mol. The van der Waals surface area contributed by atoms with Gasteiger partial charge in [-0.2, -0.15) is 18.3 Å². The lowest BCUT2D eigenvalue weighted by atomic mass is 10.1. The molecule has 12 heteroatoms. The monoisotopic (exact) mass is 476 g/mol. The lowest BCUT2D eigenvalue weighted by molar-refractivity contribution is -0.142. The third-order valence-electron chi connectivity index (χ3n) is 4.45. The Kier molecular flexibility index (Phi) is 7.51. The van der Waals surface area contributed by atoms with Crippen LogP contribution in [0.2, 0.25) is 0 Å². The van der Waals surface area contributed by atoms with Gasteiger partial charge in [0, 0.05) is 17.7 Å². The quantitative estimate of drug-likeness (QED) is 0.392. The Bertz CT molecular complexity index is 1190. The molecule has 0 aliphatic carbocycles. The number of hydrogen-bond donors (Lipinski definition) is 1. The van der Waals surface area contributed by atoms with Gasteiger partial charge in [0.15, 0.2) is 6.61 Å². The summed E-state index contributed by atoms with van der Waals surface area (Å²) in [5.74, 6) is -0.669. The molecule has 1 heterocycles. The van der Waals surface area contributed by atoms with Crippen LogP contribution in [0.3, 0.4) is 0 Å². The normalized spacial score (nSPS) is 11.3. The van der Waals surface area contributed by atoms with Crippen LogP contribution in [-0.4, -0.2) is 47.5 Å². The molecule has 0 spiro atoms. The number of carbonyl (C=O) groups is 2. The van der Waals surface area contributed by atoms with Crippen molar-refractivity contribution in [2.75, 3.05) is 26.1 Å². The molecule has 178 valence electrons. The first-order chi connectivity index (χ1) is 16.2. The van der Waals surface area contributed by atoms with Gasteiger partial charge >= 0.3 is 12.1 Å². The zero-order valence-electron chi connectivity index (χ0n) is 18.0. The van der Waals surface area contributed by atoms with E-state index in [2.05, 4.69) is 15.4 Å². The number of methoxy groups -OCH3 is 2. The van der Waals surface area contributed by atoms with Gasteiger partial charge in [0.2, 0.25) is 0 Å². The Morgan fingerprint density at radius 1 is 1.12 bits per heavy atom. The number of anilines is 1. The molecule has 0 saturated heterocycles. The van der Waals surface area contributed by atoms with Gasteiger partial charge < -0.3 is 19.5 Å². The van der Waals surface area contributed by atoms with Crippen LogP contribution in [0.15, 0.2) is 55.1 Å². The highest BCUT2D eigenvalue weighted by Crippen LogP contribution is 2.33. The van der Waals surface area contributed by atoms with Crippen LogP contribution in [0.25, 0.3) is 11.8 Å². The van der Waals surface area contributed by atoms with Crippen molar-refractivity contribution in [1.29, 1.82) is 0 Å². The van der Waals surface area contributed by atoms with Crippen molar-refractivity contribution >= 4 is 23.6 Å². The zero-order valence-corrected chi connectivity index (χ0v) is 18.0. The number of nitrogens with zero attached hydrogens (tertiary/aromatic N) is 3. The summed E-state index contributed by atoms with van der Waals surface area (Å²) in [5.41, 5.74) is -0.442. The molecule has 1 aromatic heterocycles. The van der Waals surface area contributed by atoms with E-state index >= 15 is 0 Å². The second-order valence-electron chi connectivity index (χ2n) is 6.67. The van der Waals surface area contributed by atoms with E-state index in [0.29, 0.717) is 17.1 Å². The van der Waals surface area contributed by atoms with E-state index in [1.54, 1.807) is 18.2 Å². The zero-order chi connectivity index (χ0) is 24.7. The number of esters is 1. The number of benzene rings is 2. The fraction of sp³-hybridized carbons (Fsp3) is 0.182. The van der Waals surface area contributed by atoms with Crippen LogP contribution in [0.4, 0.5) is 18.9 Å². The van der Waals surface area contributed by atoms with Crippen LogP contribution in [0.1, 0.15) is 11.1 Å². The van der Waals surface area contributed by atoms with Crippen LogP contribution >= 0.6 is 0 Å². The molecule has 0 atom stereocenters. The summed E-state index contributed by atoms with van der Waals surface area (Å²) < 4.78 is 55.7. The van der Waals surface area contributed by atoms with Crippen molar-refractivity contribution < 1.29 is 37.0 Å². The van der Waals surface area contributed by atoms with Crippen molar-refractivity contribution in [1.82, 2.24) is 14.8 Å². The smallest absolute Gasteiger partial charge is 0.416 e. The van der Waals surface area contributed by atoms with Gasteiger partial charge in [0.05, 0.1) is 31.2 Å². The Morgan fingerprint density at radius 2 is 1.91 bits per heavy atom. The van der Waals surface area contributed by atoms with Gasteiger partial charge in [-0.25, -0.2) is 14.5 Å². The average molecular weight is 476 g/mol. The first kappa shape index (κ1) is 24.3. The molecule has 0 unspecified atom stereocenters. The number of halogens is 3. The number of nitrogens with one attached hydrogen (secondary N) is 1. The average Bonchev–Trinajstić information content (AvgIpc) is 3.35. The number of carbonyl (C=O) groups excluding carboxylic acids is 2. The number of amides is 1. The van der Waals surface area contributed by atoms with Crippen LogP contribution in [-0.2, 0) is 20.5 Å². The summed E-state index contributed by atoms with van der Waals surface area (Å²) in [6, 6.07) is 7.71. The van der Waals surface area contributed by atoms with E-state index < -0.39 is 30.2 Å². The Hall–Kier alpha value is -4.35. The van der Waals surface area contributed by atoms with Crippen molar-refractivity contribution in [3.8, 4) is 17.2 Å². The third kappa shape index (κ3) is 6.12.